The summed E-state index contributed by atoms with van der Waals surface area (Å²) in [4.78, 5) is 67.4. The molecule has 0 aliphatic carbocycles. The maximum Gasteiger partial charge on any atom is 0.320 e. The minimum absolute atomic E-state index is 0.520. The van der Waals surface area contributed by atoms with Gasteiger partial charge < -0.3 is 55.7 Å². The molecule has 0 aromatic heterocycles. The molecule has 16 nitrogen and oxygen atoms in total. The maximum atomic E-state index is 10.1. The van der Waals surface area contributed by atoms with Gasteiger partial charge in [0.2, 0.25) is 0 Å². The highest BCUT2D eigenvalue weighted by atomic mass is 31.1. The molecule has 1 atom stereocenters. The fourth-order valence-electron chi connectivity index (χ4n) is 0.632. The number of nitrogens with two attached hydrogens (primary N) is 2. The molecule has 0 heterocycles. The van der Waals surface area contributed by atoms with E-state index in [1.54, 1.807) is 0 Å². The van der Waals surface area contributed by atoms with Crippen molar-refractivity contribution in [1.29, 1.82) is 0 Å². The third-order valence-corrected chi connectivity index (χ3v) is 1.29. The Morgan fingerprint density at radius 1 is 0.731 bits per heavy atom. The van der Waals surface area contributed by atoms with Gasteiger partial charge in [-0.3, -0.25) is 23.1 Å². The van der Waals surface area contributed by atoms with Crippen molar-refractivity contribution in [2.75, 3.05) is 6.54 Å². The van der Waals surface area contributed by atoms with E-state index in [0.29, 0.717) is 13.0 Å². The molecular formula is C6H26N2O14P4. The number of rotatable bonds is 5. The molecular weight excluding hydrogens is 448 g/mol. The largest absolute Gasteiger partial charge is 0.480 e. The van der Waals surface area contributed by atoms with E-state index in [4.69, 9.17) is 74.0 Å². The first kappa shape index (κ1) is 36.8. The summed E-state index contributed by atoms with van der Waals surface area (Å²) < 4.78 is 35.0. The summed E-state index contributed by atoms with van der Waals surface area (Å²) in [5, 5.41) is 8.33. The molecule has 0 spiro atoms. The van der Waals surface area contributed by atoms with Crippen molar-refractivity contribution in [3.05, 3.63) is 0 Å². The van der Waals surface area contributed by atoms with Gasteiger partial charge in [-0.05, 0) is 19.4 Å². The summed E-state index contributed by atoms with van der Waals surface area (Å²) in [5.41, 5.74) is 10.4. The van der Waals surface area contributed by atoms with Crippen LogP contribution < -0.4 is 11.5 Å². The van der Waals surface area contributed by atoms with Crippen molar-refractivity contribution in [2.45, 2.75) is 25.3 Å². The Balaban J connectivity index is -0.0000000776. The van der Waals surface area contributed by atoms with E-state index in [1.807, 2.05) is 0 Å². The molecule has 0 aromatic rings. The van der Waals surface area contributed by atoms with Crippen molar-refractivity contribution in [3.8, 4) is 0 Å². The average Bonchev–Trinajstić information content (AvgIpc) is 2.35. The van der Waals surface area contributed by atoms with Gasteiger partial charge in [0.05, 0.1) is 0 Å². The van der Waals surface area contributed by atoms with Crippen LogP contribution in [0.15, 0.2) is 0 Å². The summed E-state index contributed by atoms with van der Waals surface area (Å²) in [7, 11) is -12.5. The first-order valence-electron chi connectivity index (χ1n) is 5.97. The summed E-state index contributed by atoms with van der Waals surface area (Å²) in [6.07, 6.45) is 2.16. The molecule has 0 aliphatic heterocycles. The van der Waals surface area contributed by atoms with Crippen molar-refractivity contribution < 1.29 is 67.3 Å². The van der Waals surface area contributed by atoms with Crippen LogP contribution in [0.4, 0.5) is 0 Å². The molecule has 26 heavy (non-hydrogen) atoms. The minimum atomic E-state index is -3.13. The Bertz CT molecular complexity index is 345. The zero-order valence-corrected chi connectivity index (χ0v) is 17.1. The van der Waals surface area contributed by atoms with Crippen LogP contribution in [0, 0.1) is 0 Å². The lowest BCUT2D eigenvalue weighted by atomic mass is 10.1. The van der Waals surface area contributed by atoms with Crippen LogP contribution in [0.25, 0.3) is 0 Å². The Labute approximate surface area is 150 Å². The molecule has 0 rings (SSSR count). The highest BCUT2D eigenvalue weighted by Gasteiger charge is 2.09. The molecule has 0 radical (unpaired) electrons. The summed E-state index contributed by atoms with van der Waals surface area (Å²) in [6.45, 7) is 0.604. The molecule has 0 aliphatic rings. The second-order valence-electron chi connectivity index (χ2n) is 3.36. The Morgan fingerprint density at radius 3 is 1.12 bits per heavy atom. The van der Waals surface area contributed by atoms with E-state index in [2.05, 4.69) is 0 Å². The SMILES string of the molecule is NCCCCC(N)C(=O)O.O=[PH](O)O.O=[PH](O)O.O=[PH](O)O.O=[PH](O)O. The minimum Gasteiger partial charge on any atom is -0.480 e. The van der Waals surface area contributed by atoms with Crippen LogP contribution >= 0.6 is 33.0 Å². The fraction of sp³-hybridized carbons (Fsp3) is 0.833. The van der Waals surface area contributed by atoms with Gasteiger partial charge in [0, 0.05) is 0 Å². The van der Waals surface area contributed by atoms with Gasteiger partial charge >= 0.3 is 39.0 Å². The van der Waals surface area contributed by atoms with Crippen LogP contribution in [0.2, 0.25) is 0 Å². The molecule has 164 valence electrons. The smallest absolute Gasteiger partial charge is 0.320 e. The van der Waals surface area contributed by atoms with E-state index in [1.165, 1.54) is 0 Å². The quantitative estimate of drug-likeness (QED) is 0.139. The molecule has 0 amide bonds. The molecule has 0 bridgehead atoms. The van der Waals surface area contributed by atoms with E-state index >= 15 is 0 Å². The van der Waals surface area contributed by atoms with Gasteiger partial charge in [0.15, 0.2) is 0 Å². The van der Waals surface area contributed by atoms with E-state index in [-0.39, 0.29) is 0 Å². The number of hydrogen-bond acceptors (Lipinski definition) is 7. The molecule has 0 saturated heterocycles. The van der Waals surface area contributed by atoms with Crippen molar-refractivity contribution in [2.24, 2.45) is 11.5 Å². The van der Waals surface area contributed by atoms with Crippen LogP contribution in [0.3, 0.4) is 0 Å². The predicted octanol–water partition coefficient (Wildman–Crippen LogP) is -3.03. The molecule has 0 saturated carbocycles. The second-order valence-corrected chi connectivity index (χ2v) is 5.62. The first-order valence-corrected chi connectivity index (χ1v) is 11.2. The Kier molecular flexibility index (Phi) is 42.1. The van der Waals surface area contributed by atoms with E-state index < -0.39 is 45.0 Å². The van der Waals surface area contributed by atoms with Crippen LogP contribution in [-0.4, -0.2) is 62.8 Å². The predicted molar refractivity (Wildman–Crippen MR) is 92.3 cm³/mol. The van der Waals surface area contributed by atoms with E-state index in [0.717, 1.165) is 12.8 Å². The topological polar surface area (TPSA) is 319 Å². The summed E-state index contributed by atoms with van der Waals surface area (Å²) in [5.74, 6) is -0.933. The monoisotopic (exact) mass is 474 g/mol. The number of hydrogen-bond donors (Lipinski definition) is 11. The Hall–Kier alpha value is -0.0100. The third-order valence-electron chi connectivity index (χ3n) is 1.29. The fourth-order valence-corrected chi connectivity index (χ4v) is 0.632. The lowest BCUT2D eigenvalue weighted by molar-refractivity contribution is -0.138. The van der Waals surface area contributed by atoms with Crippen molar-refractivity contribution in [1.82, 2.24) is 0 Å². The number of carbonyl (C=O) groups is 1. The lowest BCUT2D eigenvalue weighted by Gasteiger charge is -2.03. The second kappa shape index (κ2) is 29.7. The highest BCUT2D eigenvalue weighted by Crippen LogP contribution is 1.99. The normalized spacial score (nSPS) is 10.4. The first-order chi connectivity index (χ1) is 11.6. The number of aliphatic carboxylic acids is 1. The molecule has 13 N–H and O–H groups in total. The van der Waals surface area contributed by atoms with Gasteiger partial charge in [-0.15, -0.1) is 0 Å². The zero-order chi connectivity index (χ0) is 22.3. The summed E-state index contributed by atoms with van der Waals surface area (Å²) in [6, 6.07) is -0.716. The zero-order valence-electron chi connectivity index (χ0n) is 13.1. The maximum absolute atomic E-state index is 10.1. The van der Waals surface area contributed by atoms with Crippen LogP contribution in [-0.2, 0) is 23.1 Å². The number of carboxylic acids is 1. The van der Waals surface area contributed by atoms with Crippen molar-refractivity contribution >= 4 is 39.0 Å². The Morgan fingerprint density at radius 2 is 0.962 bits per heavy atom. The standard InChI is InChI=1S/C6H14N2O2.4H3O3P/c7-4-2-1-3-5(8)6(9)10;4*1-4(2)3/h5H,1-4,7-8H2,(H,9,10);4*4H,(H2,1,2,3). The number of unbranched alkanes of at least 4 members (excludes halogenated alkanes) is 1. The average molecular weight is 474 g/mol. The lowest BCUT2D eigenvalue weighted by Crippen LogP contribution is -2.29. The third kappa shape index (κ3) is 157. The molecule has 0 aromatic carbocycles. The summed E-state index contributed by atoms with van der Waals surface area (Å²) >= 11 is 0. The van der Waals surface area contributed by atoms with Crippen LogP contribution in [0.1, 0.15) is 19.3 Å². The van der Waals surface area contributed by atoms with Gasteiger partial charge in [-0.25, -0.2) is 0 Å². The van der Waals surface area contributed by atoms with Gasteiger partial charge in [-0.1, -0.05) is 6.42 Å². The molecule has 1 unspecified atom stereocenters. The van der Waals surface area contributed by atoms with Gasteiger partial charge in [-0.2, -0.15) is 0 Å². The molecule has 20 heteroatoms. The van der Waals surface area contributed by atoms with Crippen molar-refractivity contribution in [3.63, 3.8) is 0 Å². The van der Waals surface area contributed by atoms with Gasteiger partial charge in [0.25, 0.3) is 0 Å². The number of carboxylic acid groups (broad SMARTS) is 1. The molecule has 0 fully saturated rings. The van der Waals surface area contributed by atoms with E-state index in [9.17, 15) is 4.79 Å². The van der Waals surface area contributed by atoms with Gasteiger partial charge in [0.1, 0.15) is 6.04 Å². The van der Waals surface area contributed by atoms with Crippen LogP contribution in [0.5, 0.6) is 0 Å². The highest BCUT2D eigenvalue weighted by molar-refractivity contribution is 7.31.